The maximum Gasteiger partial charge on any atom is 0.271 e. The number of hydrogen-bond acceptors (Lipinski definition) is 5. The van der Waals surface area contributed by atoms with Crippen LogP contribution in [-0.2, 0) is 4.79 Å². The van der Waals surface area contributed by atoms with E-state index < -0.39 is 0 Å². The van der Waals surface area contributed by atoms with E-state index >= 15 is 0 Å². The Hall–Kier alpha value is -4.17. The number of aromatic amines is 1. The molecule has 0 radical (unpaired) electrons. The Kier molecular flexibility index (Phi) is 8.90. The molecular weight excluding hydrogens is 502 g/mol. The van der Waals surface area contributed by atoms with Gasteiger partial charge in [0, 0.05) is 48.7 Å². The number of nitrogens with zero attached hydrogens (tertiary/aromatic N) is 2. The van der Waals surface area contributed by atoms with E-state index in [2.05, 4.69) is 42.5 Å². The molecule has 2 aromatic carbocycles. The van der Waals surface area contributed by atoms with Gasteiger partial charge in [-0.05, 0) is 86.4 Å². The van der Waals surface area contributed by atoms with Crippen LogP contribution in [0.15, 0.2) is 65.6 Å². The molecule has 1 fully saturated rings. The van der Waals surface area contributed by atoms with Gasteiger partial charge in [0.05, 0.1) is 6.04 Å². The molecule has 0 aliphatic carbocycles. The number of H-pyrrole nitrogens is 1. The van der Waals surface area contributed by atoms with Crippen molar-refractivity contribution in [1.29, 1.82) is 0 Å². The summed E-state index contributed by atoms with van der Waals surface area (Å²) < 4.78 is 0. The normalized spacial score (nSPS) is 13.7. The largest absolute Gasteiger partial charge is 0.374 e. The first-order chi connectivity index (χ1) is 19.0. The second-order valence-corrected chi connectivity index (χ2v) is 11.1. The van der Waals surface area contributed by atoms with Crippen molar-refractivity contribution in [3.63, 3.8) is 0 Å². The number of anilines is 2. The summed E-state index contributed by atoms with van der Waals surface area (Å²) in [4.78, 5) is 44.5. The van der Waals surface area contributed by atoms with Gasteiger partial charge in [-0.3, -0.25) is 14.4 Å². The number of hydrogen-bond donors (Lipinski definition) is 3. The summed E-state index contributed by atoms with van der Waals surface area (Å²) in [7, 11) is 3.90. The number of likely N-dealkylation sites (N-methyl/N-ethyl adjacent to an activating group) is 1. The minimum absolute atomic E-state index is 0.00746. The van der Waals surface area contributed by atoms with Crippen molar-refractivity contribution >= 4 is 23.2 Å². The van der Waals surface area contributed by atoms with Crippen LogP contribution in [0, 0.1) is 13.8 Å². The first-order valence-corrected chi connectivity index (χ1v) is 13.6. The monoisotopic (exact) mass is 541 g/mol. The van der Waals surface area contributed by atoms with Crippen LogP contribution >= 0.6 is 0 Å². The highest BCUT2D eigenvalue weighted by Gasteiger charge is 2.29. The van der Waals surface area contributed by atoms with Crippen molar-refractivity contribution in [1.82, 2.24) is 14.8 Å². The second kappa shape index (κ2) is 12.3. The summed E-state index contributed by atoms with van der Waals surface area (Å²) >= 11 is 0. The zero-order valence-electron chi connectivity index (χ0n) is 24.2. The summed E-state index contributed by atoms with van der Waals surface area (Å²) in [6, 6.07) is 13.5. The minimum Gasteiger partial charge on any atom is -0.374 e. The summed E-state index contributed by atoms with van der Waals surface area (Å²) in [5.74, 6) is 0.198. The average Bonchev–Trinajstić information content (AvgIpc) is 2.86. The molecule has 40 heavy (non-hydrogen) atoms. The van der Waals surface area contributed by atoms with E-state index in [0.717, 1.165) is 27.9 Å². The van der Waals surface area contributed by atoms with Gasteiger partial charge < -0.3 is 25.4 Å². The third kappa shape index (κ3) is 7.07. The highest BCUT2D eigenvalue weighted by molar-refractivity contribution is 6.05. The lowest BCUT2D eigenvalue weighted by molar-refractivity contribution is -0.129. The SMILES string of the molecule is Cc1cc(C(=O)Nc2ccc(C(C)C)c(C)c2)cc(-c2c[nH]c(=O)c(NC3CN(C(=O)C=CCN(C)C)C3)c2)c1. The van der Waals surface area contributed by atoms with Crippen LogP contribution in [0.5, 0.6) is 0 Å². The number of amides is 2. The fourth-order valence-electron chi connectivity index (χ4n) is 4.88. The Morgan fingerprint density at radius 2 is 1.82 bits per heavy atom. The number of benzene rings is 2. The lowest BCUT2D eigenvalue weighted by atomic mass is 9.97. The number of rotatable bonds is 9. The van der Waals surface area contributed by atoms with E-state index in [-0.39, 0.29) is 23.4 Å². The van der Waals surface area contributed by atoms with Gasteiger partial charge in [-0.2, -0.15) is 0 Å². The fraction of sp³-hybridized carbons (Fsp3) is 0.344. The summed E-state index contributed by atoms with van der Waals surface area (Å²) in [5, 5.41) is 6.28. The molecule has 1 aromatic heterocycles. The van der Waals surface area contributed by atoms with E-state index in [0.29, 0.717) is 36.8 Å². The molecule has 0 unspecified atom stereocenters. The number of carbonyl (C=O) groups is 2. The van der Waals surface area contributed by atoms with Crippen LogP contribution < -0.4 is 16.2 Å². The molecule has 4 rings (SSSR count). The molecule has 8 nitrogen and oxygen atoms in total. The third-order valence-corrected chi connectivity index (χ3v) is 7.01. The quantitative estimate of drug-likeness (QED) is 0.339. The summed E-state index contributed by atoms with van der Waals surface area (Å²) in [5.41, 5.74) is 6.45. The van der Waals surface area contributed by atoms with E-state index in [1.165, 1.54) is 5.56 Å². The van der Waals surface area contributed by atoms with Gasteiger partial charge in [-0.1, -0.05) is 32.1 Å². The number of likely N-dealkylation sites (tertiary alicyclic amines) is 1. The van der Waals surface area contributed by atoms with E-state index in [1.54, 1.807) is 23.2 Å². The predicted octanol–water partition coefficient (Wildman–Crippen LogP) is 4.77. The minimum atomic E-state index is -0.231. The molecule has 0 saturated carbocycles. The molecule has 210 valence electrons. The van der Waals surface area contributed by atoms with Gasteiger partial charge in [0.25, 0.3) is 11.5 Å². The summed E-state index contributed by atoms with van der Waals surface area (Å²) in [6.07, 6.45) is 5.10. The van der Waals surface area contributed by atoms with E-state index in [4.69, 9.17) is 0 Å². The maximum absolute atomic E-state index is 13.2. The van der Waals surface area contributed by atoms with Gasteiger partial charge in [0.2, 0.25) is 5.91 Å². The third-order valence-electron chi connectivity index (χ3n) is 7.01. The Bertz CT molecular complexity index is 1480. The molecule has 2 heterocycles. The fourth-order valence-corrected chi connectivity index (χ4v) is 4.88. The number of aromatic nitrogens is 1. The van der Waals surface area contributed by atoms with Crippen molar-refractivity contribution in [2.75, 3.05) is 44.4 Å². The van der Waals surface area contributed by atoms with Crippen molar-refractivity contribution in [2.45, 2.75) is 39.7 Å². The highest BCUT2D eigenvalue weighted by Crippen LogP contribution is 2.26. The molecule has 0 bridgehead atoms. The molecule has 8 heteroatoms. The predicted molar refractivity (Wildman–Crippen MR) is 162 cm³/mol. The van der Waals surface area contributed by atoms with Crippen LogP contribution in [0.1, 0.15) is 46.8 Å². The van der Waals surface area contributed by atoms with Crippen LogP contribution in [0.4, 0.5) is 11.4 Å². The molecule has 1 aliphatic rings. The highest BCUT2D eigenvalue weighted by atomic mass is 16.2. The Balaban J connectivity index is 1.45. The van der Waals surface area contributed by atoms with Gasteiger partial charge >= 0.3 is 0 Å². The number of pyridine rings is 1. The Morgan fingerprint density at radius 3 is 2.50 bits per heavy atom. The zero-order chi connectivity index (χ0) is 29.0. The van der Waals surface area contributed by atoms with Crippen molar-refractivity contribution < 1.29 is 9.59 Å². The van der Waals surface area contributed by atoms with Gasteiger partial charge in [0.15, 0.2) is 0 Å². The van der Waals surface area contributed by atoms with Crippen LogP contribution in [0.2, 0.25) is 0 Å². The van der Waals surface area contributed by atoms with Crippen molar-refractivity contribution in [3.05, 3.63) is 93.4 Å². The van der Waals surface area contributed by atoms with Crippen LogP contribution in [0.3, 0.4) is 0 Å². The molecular formula is C32H39N5O3. The van der Waals surface area contributed by atoms with Gasteiger partial charge in [-0.25, -0.2) is 0 Å². The molecule has 1 aliphatic heterocycles. The van der Waals surface area contributed by atoms with Gasteiger partial charge in [0.1, 0.15) is 5.69 Å². The first kappa shape index (κ1) is 28.8. The smallest absolute Gasteiger partial charge is 0.271 e. The average molecular weight is 542 g/mol. The number of aryl methyl sites for hydroxylation is 2. The maximum atomic E-state index is 13.2. The molecule has 1 saturated heterocycles. The zero-order valence-corrected chi connectivity index (χ0v) is 24.2. The summed E-state index contributed by atoms with van der Waals surface area (Å²) in [6.45, 7) is 10.1. The van der Waals surface area contributed by atoms with Gasteiger partial charge in [-0.15, -0.1) is 0 Å². The molecule has 3 N–H and O–H groups in total. The second-order valence-electron chi connectivity index (χ2n) is 11.1. The molecule has 2 amide bonds. The molecule has 0 atom stereocenters. The standard InChI is InChI=1S/C32H39N5O3/c1-20(2)28-10-9-26(14-22(28)4)35-31(39)24-13-21(3)12-23(15-24)25-16-29(32(40)33-17-25)34-27-18-37(19-27)30(38)8-7-11-36(5)6/h7-10,12-17,20,27,34H,11,18-19H2,1-6H3,(H,33,40)(H,35,39). The lowest BCUT2D eigenvalue weighted by Crippen LogP contribution is -2.57. The number of nitrogens with one attached hydrogen (secondary N) is 3. The van der Waals surface area contributed by atoms with Crippen LogP contribution in [-0.4, -0.2) is 66.4 Å². The van der Waals surface area contributed by atoms with Crippen molar-refractivity contribution in [2.24, 2.45) is 0 Å². The van der Waals surface area contributed by atoms with Crippen LogP contribution in [0.25, 0.3) is 11.1 Å². The molecule has 0 spiro atoms. The number of carbonyl (C=O) groups excluding carboxylic acids is 2. The topological polar surface area (TPSA) is 97.5 Å². The van der Waals surface area contributed by atoms with E-state index in [9.17, 15) is 14.4 Å². The van der Waals surface area contributed by atoms with E-state index in [1.807, 2.05) is 62.3 Å². The first-order valence-electron chi connectivity index (χ1n) is 13.6. The molecule has 3 aromatic rings. The Morgan fingerprint density at radius 1 is 1.07 bits per heavy atom. The lowest BCUT2D eigenvalue weighted by Gasteiger charge is -2.39. The Labute approximate surface area is 236 Å². The van der Waals surface area contributed by atoms with Crippen molar-refractivity contribution in [3.8, 4) is 11.1 Å².